The van der Waals surface area contributed by atoms with Crippen molar-refractivity contribution in [1.29, 1.82) is 0 Å². The Morgan fingerprint density at radius 2 is 2.00 bits per heavy atom. The molecule has 21 heavy (non-hydrogen) atoms. The Morgan fingerprint density at radius 3 is 2.57 bits per heavy atom. The normalized spacial score (nSPS) is 18.0. The summed E-state index contributed by atoms with van der Waals surface area (Å²) in [7, 11) is 0. The van der Waals surface area contributed by atoms with Gasteiger partial charge in [-0.1, -0.05) is 13.8 Å². The maximum atomic E-state index is 12.0. The molecule has 1 aromatic rings. The van der Waals surface area contributed by atoms with Gasteiger partial charge in [0.25, 0.3) is 0 Å². The van der Waals surface area contributed by atoms with Gasteiger partial charge in [-0.05, 0) is 30.2 Å². The summed E-state index contributed by atoms with van der Waals surface area (Å²) in [5, 5.41) is 8.84. The fourth-order valence-corrected chi connectivity index (χ4v) is 2.40. The first-order chi connectivity index (χ1) is 9.95. The predicted molar refractivity (Wildman–Crippen MR) is 78.5 cm³/mol. The van der Waals surface area contributed by atoms with Crippen molar-refractivity contribution in [3.05, 3.63) is 29.8 Å². The Labute approximate surface area is 124 Å². The zero-order valence-electron chi connectivity index (χ0n) is 12.4. The zero-order valence-corrected chi connectivity index (χ0v) is 12.4. The minimum atomic E-state index is -0.951. The van der Waals surface area contributed by atoms with E-state index < -0.39 is 5.97 Å². The molecule has 5 nitrogen and oxygen atoms in total. The summed E-state index contributed by atoms with van der Waals surface area (Å²) in [6.07, 6.45) is 1.36. The fraction of sp³-hybridized carbons (Fsp3) is 0.500. The van der Waals surface area contributed by atoms with Crippen molar-refractivity contribution in [2.24, 2.45) is 5.92 Å². The molecule has 2 rings (SSSR count). The van der Waals surface area contributed by atoms with E-state index in [1.807, 2.05) is 18.7 Å². The van der Waals surface area contributed by atoms with Gasteiger partial charge < -0.3 is 14.7 Å². The standard InChI is InChI=1S/C16H21NO4/c1-11(2)9-15(18)17-8-7-14(10-17)21-13-5-3-12(4-6-13)16(19)20/h3-6,11,14H,7-10H2,1-2H3,(H,19,20). The molecule has 0 radical (unpaired) electrons. The highest BCUT2D eigenvalue weighted by atomic mass is 16.5. The van der Waals surface area contributed by atoms with Crippen molar-refractivity contribution >= 4 is 11.9 Å². The van der Waals surface area contributed by atoms with Crippen LogP contribution in [0.25, 0.3) is 0 Å². The third-order valence-corrected chi connectivity index (χ3v) is 3.48. The maximum absolute atomic E-state index is 12.0. The molecule has 0 aromatic heterocycles. The third-order valence-electron chi connectivity index (χ3n) is 3.48. The van der Waals surface area contributed by atoms with Gasteiger partial charge in [-0.15, -0.1) is 0 Å². The highest BCUT2D eigenvalue weighted by Crippen LogP contribution is 2.20. The molecule has 1 aliphatic heterocycles. The lowest BCUT2D eigenvalue weighted by Crippen LogP contribution is -2.31. The SMILES string of the molecule is CC(C)CC(=O)N1CCC(Oc2ccc(C(=O)O)cc2)C1. The Kier molecular flexibility index (Phi) is 4.83. The van der Waals surface area contributed by atoms with Crippen LogP contribution < -0.4 is 4.74 Å². The molecule has 1 aliphatic rings. The van der Waals surface area contributed by atoms with Gasteiger partial charge in [0.05, 0.1) is 12.1 Å². The number of aromatic carboxylic acids is 1. The number of nitrogens with zero attached hydrogens (tertiary/aromatic N) is 1. The molecule has 1 saturated heterocycles. The number of hydrogen-bond acceptors (Lipinski definition) is 3. The Hall–Kier alpha value is -2.04. The van der Waals surface area contributed by atoms with Crippen molar-refractivity contribution in [2.75, 3.05) is 13.1 Å². The summed E-state index contributed by atoms with van der Waals surface area (Å²) >= 11 is 0. The first-order valence-corrected chi connectivity index (χ1v) is 7.23. The van der Waals surface area contributed by atoms with Crippen LogP contribution >= 0.6 is 0 Å². The molecule has 1 aromatic carbocycles. The topological polar surface area (TPSA) is 66.8 Å². The van der Waals surface area contributed by atoms with Gasteiger partial charge >= 0.3 is 5.97 Å². The average Bonchev–Trinajstić information content (AvgIpc) is 2.87. The molecule has 1 amide bonds. The number of hydrogen-bond donors (Lipinski definition) is 1. The number of benzene rings is 1. The second kappa shape index (κ2) is 6.61. The Balaban J connectivity index is 1.87. The zero-order chi connectivity index (χ0) is 15.4. The van der Waals surface area contributed by atoms with Crippen LogP contribution in [-0.4, -0.2) is 41.1 Å². The van der Waals surface area contributed by atoms with Crippen LogP contribution in [0.5, 0.6) is 5.75 Å². The first kappa shape index (κ1) is 15.4. The van der Waals surface area contributed by atoms with Gasteiger partial charge in [-0.2, -0.15) is 0 Å². The second-order valence-corrected chi connectivity index (χ2v) is 5.80. The van der Waals surface area contributed by atoms with E-state index in [0.29, 0.717) is 24.6 Å². The number of carbonyl (C=O) groups excluding carboxylic acids is 1. The summed E-state index contributed by atoms with van der Waals surface area (Å²) in [5.74, 6) is 0.231. The first-order valence-electron chi connectivity index (χ1n) is 7.23. The summed E-state index contributed by atoms with van der Waals surface area (Å²) in [6, 6.07) is 6.35. The Bertz CT molecular complexity index is 510. The average molecular weight is 291 g/mol. The molecule has 0 bridgehead atoms. The maximum Gasteiger partial charge on any atom is 0.335 e. The number of carboxylic acid groups (broad SMARTS) is 1. The highest BCUT2D eigenvalue weighted by Gasteiger charge is 2.27. The largest absolute Gasteiger partial charge is 0.489 e. The van der Waals surface area contributed by atoms with Crippen LogP contribution in [0.2, 0.25) is 0 Å². The molecule has 0 saturated carbocycles. The molecule has 114 valence electrons. The van der Waals surface area contributed by atoms with Crippen LogP contribution in [0, 0.1) is 5.92 Å². The molecular weight excluding hydrogens is 270 g/mol. The van der Waals surface area contributed by atoms with Crippen LogP contribution in [0.15, 0.2) is 24.3 Å². The van der Waals surface area contributed by atoms with E-state index in [1.54, 1.807) is 12.1 Å². The predicted octanol–water partition coefficient (Wildman–Crippen LogP) is 2.41. The number of rotatable bonds is 5. The summed E-state index contributed by atoms with van der Waals surface area (Å²) in [4.78, 5) is 24.6. The lowest BCUT2D eigenvalue weighted by Gasteiger charge is -2.18. The number of amides is 1. The van der Waals surface area contributed by atoms with Gasteiger partial charge in [-0.25, -0.2) is 4.79 Å². The number of ether oxygens (including phenoxy) is 1. The fourth-order valence-electron chi connectivity index (χ4n) is 2.40. The quantitative estimate of drug-likeness (QED) is 0.904. The monoisotopic (exact) mass is 291 g/mol. The lowest BCUT2D eigenvalue weighted by molar-refractivity contribution is -0.131. The summed E-state index contributed by atoms with van der Waals surface area (Å²) in [5.41, 5.74) is 0.238. The molecular formula is C16H21NO4. The van der Waals surface area contributed by atoms with Gasteiger partial charge in [0, 0.05) is 19.4 Å². The molecule has 1 unspecified atom stereocenters. The van der Waals surface area contributed by atoms with Crippen molar-refractivity contribution < 1.29 is 19.4 Å². The van der Waals surface area contributed by atoms with E-state index in [1.165, 1.54) is 12.1 Å². The van der Waals surface area contributed by atoms with Crippen LogP contribution in [0.3, 0.4) is 0 Å². The van der Waals surface area contributed by atoms with E-state index in [0.717, 1.165) is 13.0 Å². The molecule has 1 atom stereocenters. The van der Waals surface area contributed by atoms with Crippen molar-refractivity contribution in [3.8, 4) is 5.75 Å². The minimum Gasteiger partial charge on any atom is -0.489 e. The number of carbonyl (C=O) groups is 2. The third kappa shape index (κ3) is 4.21. The van der Waals surface area contributed by atoms with E-state index >= 15 is 0 Å². The summed E-state index contributed by atoms with van der Waals surface area (Å²) < 4.78 is 5.81. The highest BCUT2D eigenvalue weighted by molar-refractivity contribution is 5.87. The molecule has 0 aliphatic carbocycles. The molecule has 0 spiro atoms. The van der Waals surface area contributed by atoms with Gasteiger partial charge in [-0.3, -0.25) is 4.79 Å². The van der Waals surface area contributed by atoms with E-state index in [4.69, 9.17) is 9.84 Å². The van der Waals surface area contributed by atoms with E-state index in [2.05, 4.69) is 0 Å². The molecule has 1 fully saturated rings. The lowest BCUT2D eigenvalue weighted by atomic mass is 10.1. The van der Waals surface area contributed by atoms with Crippen LogP contribution in [-0.2, 0) is 4.79 Å². The van der Waals surface area contributed by atoms with Gasteiger partial charge in [0.15, 0.2) is 0 Å². The van der Waals surface area contributed by atoms with Crippen molar-refractivity contribution in [2.45, 2.75) is 32.8 Å². The molecule has 1 heterocycles. The van der Waals surface area contributed by atoms with Crippen LogP contribution in [0.1, 0.15) is 37.0 Å². The van der Waals surface area contributed by atoms with Crippen LogP contribution in [0.4, 0.5) is 0 Å². The minimum absolute atomic E-state index is 0.0169. The smallest absolute Gasteiger partial charge is 0.335 e. The Morgan fingerprint density at radius 1 is 1.33 bits per heavy atom. The van der Waals surface area contributed by atoms with E-state index in [9.17, 15) is 9.59 Å². The van der Waals surface area contributed by atoms with E-state index in [-0.39, 0.29) is 17.6 Å². The van der Waals surface area contributed by atoms with Crippen molar-refractivity contribution in [1.82, 2.24) is 4.90 Å². The van der Waals surface area contributed by atoms with Gasteiger partial charge in [0.1, 0.15) is 11.9 Å². The van der Waals surface area contributed by atoms with Crippen molar-refractivity contribution in [3.63, 3.8) is 0 Å². The number of likely N-dealkylation sites (tertiary alicyclic amines) is 1. The second-order valence-electron chi connectivity index (χ2n) is 5.80. The molecule has 5 heteroatoms. The summed E-state index contributed by atoms with van der Waals surface area (Å²) in [6.45, 7) is 5.40. The number of carboxylic acids is 1. The van der Waals surface area contributed by atoms with Gasteiger partial charge in [0.2, 0.25) is 5.91 Å². The molecule has 1 N–H and O–H groups in total.